The summed E-state index contributed by atoms with van der Waals surface area (Å²) in [7, 11) is 0. The fourth-order valence-electron chi connectivity index (χ4n) is 1.14. The van der Waals surface area contributed by atoms with Gasteiger partial charge in [0.1, 0.15) is 12.7 Å². The van der Waals surface area contributed by atoms with Crippen LogP contribution in [0, 0.1) is 0 Å². The number of carbonyl (C=O) groups is 2. The molecule has 1 unspecified atom stereocenters. The van der Waals surface area contributed by atoms with Crippen LogP contribution in [0.25, 0.3) is 0 Å². The molecule has 0 fully saturated rings. The molecule has 1 rings (SSSR count). The van der Waals surface area contributed by atoms with E-state index in [9.17, 15) is 9.59 Å². The van der Waals surface area contributed by atoms with Crippen LogP contribution in [0.4, 0.5) is 10.5 Å². The Labute approximate surface area is 105 Å². The maximum absolute atomic E-state index is 11.4. The lowest BCUT2D eigenvalue weighted by Crippen LogP contribution is -2.24. The minimum Gasteiger partial charge on any atom is -0.459 e. The number of hydrogen-bond acceptors (Lipinski definition) is 4. The van der Waals surface area contributed by atoms with Gasteiger partial charge >= 0.3 is 12.1 Å². The van der Waals surface area contributed by atoms with E-state index in [1.807, 2.05) is 6.07 Å². The molecule has 0 aliphatic rings. The van der Waals surface area contributed by atoms with E-state index in [0.717, 1.165) is 6.08 Å². The number of esters is 1. The number of carbonyl (C=O) groups excluding carboxylic acids is 2. The Morgan fingerprint density at radius 1 is 1.39 bits per heavy atom. The summed E-state index contributed by atoms with van der Waals surface area (Å²) in [6.45, 7) is 4.88. The summed E-state index contributed by atoms with van der Waals surface area (Å²) >= 11 is 0. The van der Waals surface area contributed by atoms with Gasteiger partial charge < -0.3 is 9.47 Å². The van der Waals surface area contributed by atoms with E-state index in [0.29, 0.717) is 5.69 Å². The van der Waals surface area contributed by atoms with Crippen molar-refractivity contribution in [2.45, 2.75) is 13.0 Å². The molecule has 0 aliphatic heterocycles. The zero-order valence-corrected chi connectivity index (χ0v) is 10.1. The third-order valence-corrected chi connectivity index (χ3v) is 1.96. The van der Waals surface area contributed by atoms with Gasteiger partial charge in [0.05, 0.1) is 0 Å². The molecule has 1 N–H and O–H groups in total. The van der Waals surface area contributed by atoms with Crippen molar-refractivity contribution in [2.24, 2.45) is 0 Å². The van der Waals surface area contributed by atoms with E-state index in [4.69, 9.17) is 9.47 Å². The minimum atomic E-state index is -0.594. The van der Waals surface area contributed by atoms with E-state index in [1.54, 1.807) is 31.2 Å². The monoisotopic (exact) mass is 249 g/mol. The summed E-state index contributed by atoms with van der Waals surface area (Å²) in [6, 6.07) is 8.91. The van der Waals surface area contributed by atoms with Crippen molar-refractivity contribution in [3.8, 4) is 0 Å². The maximum Gasteiger partial charge on any atom is 0.412 e. The number of benzene rings is 1. The SMILES string of the molecule is C=CC(=O)OCC(C)OC(=O)Nc1ccccc1. The largest absolute Gasteiger partial charge is 0.459 e. The Balaban J connectivity index is 2.31. The third-order valence-electron chi connectivity index (χ3n) is 1.96. The van der Waals surface area contributed by atoms with Gasteiger partial charge in [-0.1, -0.05) is 24.8 Å². The average Bonchev–Trinajstić information content (AvgIpc) is 2.37. The second-order valence-corrected chi connectivity index (χ2v) is 3.54. The zero-order valence-electron chi connectivity index (χ0n) is 10.1. The van der Waals surface area contributed by atoms with Crippen LogP contribution in [0.15, 0.2) is 43.0 Å². The predicted octanol–water partition coefficient (Wildman–Crippen LogP) is 2.35. The molecule has 0 radical (unpaired) electrons. The zero-order chi connectivity index (χ0) is 13.4. The highest BCUT2D eigenvalue weighted by molar-refractivity contribution is 5.84. The van der Waals surface area contributed by atoms with Gasteiger partial charge in [0, 0.05) is 11.8 Å². The molecule has 18 heavy (non-hydrogen) atoms. The first kappa shape index (κ1) is 13.8. The van der Waals surface area contributed by atoms with E-state index < -0.39 is 18.2 Å². The summed E-state index contributed by atoms with van der Waals surface area (Å²) in [6.07, 6.45) is -0.0718. The van der Waals surface area contributed by atoms with Crippen LogP contribution >= 0.6 is 0 Å². The lowest BCUT2D eigenvalue weighted by molar-refractivity contribution is -0.140. The summed E-state index contributed by atoms with van der Waals surface area (Å²) in [5.41, 5.74) is 0.637. The molecular weight excluding hydrogens is 234 g/mol. The van der Waals surface area contributed by atoms with E-state index >= 15 is 0 Å². The Bertz CT molecular complexity index is 416. The number of amides is 1. The van der Waals surface area contributed by atoms with Gasteiger partial charge in [-0.2, -0.15) is 0 Å². The fraction of sp³-hybridized carbons (Fsp3) is 0.231. The molecule has 0 saturated carbocycles. The predicted molar refractivity (Wildman–Crippen MR) is 67.2 cm³/mol. The summed E-state index contributed by atoms with van der Waals surface area (Å²) in [4.78, 5) is 22.2. The second kappa shape index (κ2) is 7.11. The molecule has 1 aromatic carbocycles. The fourth-order valence-corrected chi connectivity index (χ4v) is 1.14. The first-order chi connectivity index (χ1) is 8.61. The molecule has 5 heteroatoms. The van der Waals surface area contributed by atoms with Gasteiger partial charge in [0.2, 0.25) is 0 Å². The van der Waals surface area contributed by atoms with Gasteiger partial charge in [0.25, 0.3) is 0 Å². The Morgan fingerprint density at radius 3 is 2.67 bits per heavy atom. The summed E-state index contributed by atoms with van der Waals surface area (Å²) < 4.78 is 9.73. The molecule has 0 saturated heterocycles. The van der Waals surface area contributed by atoms with Crippen LogP contribution in [-0.2, 0) is 14.3 Å². The van der Waals surface area contributed by atoms with E-state index in [2.05, 4.69) is 11.9 Å². The van der Waals surface area contributed by atoms with Crippen molar-refractivity contribution in [1.29, 1.82) is 0 Å². The van der Waals surface area contributed by atoms with Gasteiger partial charge in [-0.15, -0.1) is 0 Å². The average molecular weight is 249 g/mol. The lowest BCUT2D eigenvalue weighted by atomic mass is 10.3. The number of anilines is 1. The molecule has 0 spiro atoms. The van der Waals surface area contributed by atoms with Crippen LogP contribution in [0.1, 0.15) is 6.92 Å². The molecule has 0 heterocycles. The van der Waals surface area contributed by atoms with Crippen LogP contribution < -0.4 is 5.32 Å². The molecule has 0 aromatic heterocycles. The third kappa shape index (κ3) is 5.16. The quantitative estimate of drug-likeness (QED) is 0.642. The van der Waals surface area contributed by atoms with Crippen molar-refractivity contribution < 1.29 is 19.1 Å². The van der Waals surface area contributed by atoms with Crippen LogP contribution in [-0.4, -0.2) is 24.8 Å². The van der Waals surface area contributed by atoms with Gasteiger partial charge in [-0.3, -0.25) is 5.32 Å². The number of hydrogen-bond donors (Lipinski definition) is 1. The standard InChI is InChI=1S/C13H15NO4/c1-3-12(15)17-9-10(2)18-13(16)14-11-7-5-4-6-8-11/h3-8,10H,1,9H2,2H3,(H,14,16). The van der Waals surface area contributed by atoms with Crippen LogP contribution in [0.3, 0.4) is 0 Å². The molecule has 5 nitrogen and oxygen atoms in total. The first-order valence-electron chi connectivity index (χ1n) is 5.43. The minimum absolute atomic E-state index is 0.00688. The number of ether oxygens (including phenoxy) is 2. The van der Waals surface area contributed by atoms with Crippen LogP contribution in [0.5, 0.6) is 0 Å². The highest BCUT2D eigenvalue weighted by atomic mass is 16.6. The molecule has 96 valence electrons. The summed E-state index contributed by atoms with van der Waals surface area (Å²) in [5, 5.41) is 2.55. The molecule has 1 amide bonds. The molecule has 1 atom stereocenters. The Hall–Kier alpha value is -2.30. The Morgan fingerprint density at radius 2 is 2.06 bits per heavy atom. The molecule has 0 aliphatic carbocycles. The maximum atomic E-state index is 11.4. The van der Waals surface area contributed by atoms with Crippen LogP contribution in [0.2, 0.25) is 0 Å². The van der Waals surface area contributed by atoms with Crippen molar-refractivity contribution in [2.75, 3.05) is 11.9 Å². The van der Waals surface area contributed by atoms with E-state index in [-0.39, 0.29) is 6.61 Å². The summed E-state index contributed by atoms with van der Waals surface area (Å²) in [5.74, 6) is -0.547. The van der Waals surface area contributed by atoms with Gasteiger partial charge in [-0.05, 0) is 19.1 Å². The van der Waals surface area contributed by atoms with Crippen molar-refractivity contribution in [3.05, 3.63) is 43.0 Å². The molecular formula is C13H15NO4. The van der Waals surface area contributed by atoms with E-state index in [1.165, 1.54) is 0 Å². The normalized spacial score (nSPS) is 11.2. The first-order valence-corrected chi connectivity index (χ1v) is 5.43. The number of rotatable bonds is 5. The Kier molecular flexibility index (Phi) is 5.44. The van der Waals surface area contributed by atoms with Crippen molar-refractivity contribution in [3.63, 3.8) is 0 Å². The second-order valence-electron chi connectivity index (χ2n) is 3.54. The number of para-hydroxylation sites is 1. The van der Waals surface area contributed by atoms with Gasteiger partial charge in [0.15, 0.2) is 0 Å². The highest BCUT2D eigenvalue weighted by Gasteiger charge is 2.11. The van der Waals surface area contributed by atoms with Crippen molar-refractivity contribution >= 4 is 17.7 Å². The molecule has 1 aromatic rings. The van der Waals surface area contributed by atoms with Gasteiger partial charge in [-0.25, -0.2) is 9.59 Å². The molecule has 0 bridgehead atoms. The van der Waals surface area contributed by atoms with Crippen molar-refractivity contribution in [1.82, 2.24) is 0 Å². The number of nitrogens with one attached hydrogen (secondary N) is 1. The topological polar surface area (TPSA) is 64.6 Å². The smallest absolute Gasteiger partial charge is 0.412 e. The lowest BCUT2D eigenvalue weighted by Gasteiger charge is -2.13. The highest BCUT2D eigenvalue weighted by Crippen LogP contribution is 2.06.